The lowest BCUT2D eigenvalue weighted by Crippen LogP contribution is -2.30. The van der Waals surface area contributed by atoms with E-state index in [9.17, 15) is 26.4 Å². The highest BCUT2D eigenvalue weighted by molar-refractivity contribution is 7.90. The molecular weight excluding hydrogens is 572 g/mol. The molecule has 0 unspecified atom stereocenters. The van der Waals surface area contributed by atoms with E-state index >= 15 is 0 Å². The van der Waals surface area contributed by atoms with Gasteiger partial charge < -0.3 is 4.57 Å². The number of nitrogens with zero attached hydrogens (tertiary/aromatic N) is 1. The van der Waals surface area contributed by atoms with Crippen LogP contribution in [0.25, 0.3) is 10.9 Å². The monoisotopic (exact) mass is 594 g/mol. The number of hydrogen-bond acceptors (Lipinski definition) is 3. The van der Waals surface area contributed by atoms with Gasteiger partial charge in [-0.05, 0) is 91.3 Å². The van der Waals surface area contributed by atoms with Crippen molar-refractivity contribution in [1.29, 1.82) is 0 Å². The highest BCUT2D eigenvalue weighted by Gasteiger charge is 2.25. The Labute approximate surface area is 233 Å². The van der Waals surface area contributed by atoms with Crippen LogP contribution in [-0.2, 0) is 40.6 Å². The van der Waals surface area contributed by atoms with Crippen LogP contribution in [-0.4, -0.2) is 18.9 Å². The minimum absolute atomic E-state index is 0.0463. The summed E-state index contributed by atoms with van der Waals surface area (Å²) < 4.78 is 70.6. The number of hydrogen-bond donors (Lipinski definition) is 1. The fraction of sp³-hybridized carbons (Fsp3) is 0.250. The van der Waals surface area contributed by atoms with Crippen LogP contribution in [0, 0.1) is 17.5 Å². The normalized spacial score (nSPS) is 13.5. The predicted octanol–water partition coefficient (Wildman–Crippen LogP) is 6.73. The molecule has 0 radical (unpaired) electrons. The van der Waals surface area contributed by atoms with E-state index in [1.165, 1.54) is 12.1 Å². The third-order valence-electron chi connectivity index (χ3n) is 6.93. The van der Waals surface area contributed by atoms with Crippen molar-refractivity contribution in [2.45, 2.75) is 50.0 Å². The van der Waals surface area contributed by atoms with Crippen LogP contribution < -0.4 is 4.72 Å². The molecular formula is C28H23Cl2F3N2O3S. The summed E-state index contributed by atoms with van der Waals surface area (Å²) in [6, 6.07) is 10.1. The Kier molecular flexibility index (Phi) is 7.68. The lowest BCUT2D eigenvalue weighted by molar-refractivity contribution is -0.119. The van der Waals surface area contributed by atoms with Crippen molar-refractivity contribution in [2.75, 3.05) is 0 Å². The van der Waals surface area contributed by atoms with E-state index in [4.69, 9.17) is 23.2 Å². The van der Waals surface area contributed by atoms with E-state index in [0.29, 0.717) is 34.3 Å². The highest BCUT2D eigenvalue weighted by atomic mass is 35.5. The number of nitrogens with one attached hydrogen (secondary N) is 1. The van der Waals surface area contributed by atoms with Crippen molar-refractivity contribution in [2.24, 2.45) is 0 Å². The second kappa shape index (κ2) is 10.9. The number of carbonyl (C=O) groups is 1. The molecule has 39 heavy (non-hydrogen) atoms. The van der Waals surface area contributed by atoms with Gasteiger partial charge in [-0.1, -0.05) is 29.3 Å². The molecule has 3 aromatic carbocycles. The summed E-state index contributed by atoms with van der Waals surface area (Å²) >= 11 is 12.5. The molecule has 5 rings (SSSR count). The molecule has 0 spiro atoms. The van der Waals surface area contributed by atoms with E-state index in [1.807, 2.05) is 10.8 Å². The molecule has 1 amide bonds. The average molecular weight is 595 g/mol. The molecule has 0 bridgehead atoms. The zero-order valence-electron chi connectivity index (χ0n) is 20.5. The smallest absolute Gasteiger partial charge is 0.264 e. The molecule has 0 aliphatic heterocycles. The molecule has 1 aliphatic carbocycles. The van der Waals surface area contributed by atoms with Crippen LogP contribution in [0.3, 0.4) is 0 Å². The largest absolute Gasteiger partial charge is 0.340 e. The Hall–Kier alpha value is -3.01. The van der Waals surface area contributed by atoms with Gasteiger partial charge >= 0.3 is 0 Å². The standard InChI is InChI=1S/C28H23Cl2F3N2O3S/c29-18-7-5-17(23(30)12-18)15-35-26-4-2-1-3-21(26)22-13-19(31)11-16(28(22)35)6-10-27(36)34-39(37,38)20-8-9-24(32)25(33)14-20/h5,7-9,11-14H,1-4,6,10,15H2,(H,34,36). The van der Waals surface area contributed by atoms with Gasteiger partial charge in [-0.25, -0.2) is 26.3 Å². The molecule has 1 aliphatic rings. The maximum absolute atomic E-state index is 14.8. The van der Waals surface area contributed by atoms with Crippen LogP contribution in [0.15, 0.2) is 53.4 Å². The Bertz CT molecular complexity index is 1720. The number of halogens is 5. The van der Waals surface area contributed by atoms with Gasteiger partial charge in [0.15, 0.2) is 11.6 Å². The van der Waals surface area contributed by atoms with Crippen LogP contribution in [0.2, 0.25) is 10.0 Å². The van der Waals surface area contributed by atoms with Crippen molar-refractivity contribution in [3.63, 3.8) is 0 Å². The maximum atomic E-state index is 14.8. The highest BCUT2D eigenvalue weighted by Crippen LogP contribution is 2.36. The van der Waals surface area contributed by atoms with Crippen LogP contribution in [0.1, 0.15) is 41.6 Å². The van der Waals surface area contributed by atoms with Crippen molar-refractivity contribution in [3.8, 4) is 0 Å². The predicted molar refractivity (Wildman–Crippen MR) is 144 cm³/mol. The molecule has 0 atom stereocenters. The first-order chi connectivity index (χ1) is 18.5. The van der Waals surface area contributed by atoms with Crippen molar-refractivity contribution >= 4 is 50.0 Å². The topological polar surface area (TPSA) is 68.2 Å². The van der Waals surface area contributed by atoms with E-state index in [1.54, 1.807) is 12.1 Å². The van der Waals surface area contributed by atoms with Crippen LogP contribution >= 0.6 is 23.2 Å². The Balaban J connectivity index is 1.47. The zero-order valence-corrected chi connectivity index (χ0v) is 22.9. The maximum Gasteiger partial charge on any atom is 0.264 e. The molecule has 11 heteroatoms. The number of amides is 1. The van der Waals surface area contributed by atoms with Crippen molar-refractivity contribution in [1.82, 2.24) is 9.29 Å². The Morgan fingerprint density at radius 1 is 0.923 bits per heavy atom. The number of aryl methyl sites for hydroxylation is 2. The summed E-state index contributed by atoms with van der Waals surface area (Å²) in [5, 5.41) is 1.77. The fourth-order valence-corrected chi connectivity index (χ4v) is 6.65. The summed E-state index contributed by atoms with van der Waals surface area (Å²) in [6.45, 7) is 0.414. The third kappa shape index (κ3) is 5.66. The van der Waals surface area contributed by atoms with Gasteiger partial charge in [0, 0.05) is 34.1 Å². The molecule has 4 aromatic rings. The molecule has 204 valence electrons. The SMILES string of the molecule is O=C(CCc1cc(F)cc2c3c(n(Cc4ccc(Cl)cc4Cl)c12)CCCC3)NS(=O)(=O)c1ccc(F)c(F)c1. The molecule has 0 fully saturated rings. The molecule has 1 heterocycles. The van der Waals surface area contributed by atoms with Crippen molar-refractivity contribution in [3.05, 3.63) is 98.4 Å². The minimum Gasteiger partial charge on any atom is -0.340 e. The van der Waals surface area contributed by atoms with Gasteiger partial charge in [0.2, 0.25) is 5.91 Å². The van der Waals surface area contributed by atoms with Gasteiger partial charge in [0.05, 0.1) is 10.4 Å². The lowest BCUT2D eigenvalue weighted by atomic mass is 9.94. The molecule has 1 N–H and O–H groups in total. The first kappa shape index (κ1) is 27.6. The van der Waals surface area contributed by atoms with Crippen molar-refractivity contribution < 1.29 is 26.4 Å². The summed E-state index contributed by atoms with van der Waals surface area (Å²) in [6.07, 6.45) is 3.33. The van der Waals surface area contributed by atoms with Crippen LogP contribution in [0.4, 0.5) is 13.2 Å². The van der Waals surface area contributed by atoms with Crippen LogP contribution in [0.5, 0.6) is 0 Å². The Morgan fingerprint density at radius 2 is 1.69 bits per heavy atom. The number of rotatable bonds is 7. The fourth-order valence-electron chi connectivity index (χ4n) is 5.15. The first-order valence-electron chi connectivity index (χ1n) is 12.3. The van der Waals surface area contributed by atoms with Gasteiger partial charge in [-0.2, -0.15) is 0 Å². The summed E-state index contributed by atoms with van der Waals surface area (Å²) in [5.41, 5.74) is 4.29. The van der Waals surface area contributed by atoms with E-state index in [-0.39, 0.29) is 12.8 Å². The summed E-state index contributed by atoms with van der Waals surface area (Å²) in [7, 11) is -4.42. The number of fused-ring (bicyclic) bond motifs is 3. The molecule has 1 aromatic heterocycles. The zero-order chi connectivity index (χ0) is 27.9. The minimum atomic E-state index is -4.42. The molecule has 0 saturated heterocycles. The number of sulfonamides is 1. The van der Waals surface area contributed by atoms with E-state index in [2.05, 4.69) is 4.57 Å². The second-order valence-electron chi connectivity index (χ2n) is 9.52. The molecule has 0 saturated carbocycles. The van der Waals surface area contributed by atoms with E-state index in [0.717, 1.165) is 59.5 Å². The van der Waals surface area contributed by atoms with Gasteiger partial charge in [0.1, 0.15) is 5.82 Å². The summed E-state index contributed by atoms with van der Waals surface area (Å²) in [5.74, 6) is -3.87. The van der Waals surface area contributed by atoms with Gasteiger partial charge in [-0.15, -0.1) is 0 Å². The van der Waals surface area contributed by atoms with Gasteiger partial charge in [-0.3, -0.25) is 4.79 Å². The van der Waals surface area contributed by atoms with E-state index < -0.39 is 38.3 Å². The molecule has 5 nitrogen and oxygen atoms in total. The summed E-state index contributed by atoms with van der Waals surface area (Å²) in [4.78, 5) is 12.1. The number of benzene rings is 3. The Morgan fingerprint density at radius 3 is 2.44 bits per heavy atom. The third-order valence-corrected chi connectivity index (χ3v) is 8.89. The quantitative estimate of drug-likeness (QED) is 0.258. The first-order valence-corrected chi connectivity index (χ1v) is 14.5. The number of aromatic nitrogens is 1. The van der Waals surface area contributed by atoms with Gasteiger partial charge in [0.25, 0.3) is 10.0 Å². The average Bonchev–Trinajstić information content (AvgIpc) is 3.19. The number of carbonyl (C=O) groups excluding carboxylic acids is 1. The lowest BCUT2D eigenvalue weighted by Gasteiger charge is -2.17. The second-order valence-corrected chi connectivity index (χ2v) is 12.0.